The van der Waals surface area contributed by atoms with Crippen molar-refractivity contribution in [3.05, 3.63) is 95.0 Å². The molecule has 37 heavy (non-hydrogen) atoms. The van der Waals surface area contributed by atoms with E-state index in [2.05, 4.69) is 39.8 Å². The van der Waals surface area contributed by atoms with Gasteiger partial charge < -0.3 is 10.1 Å². The van der Waals surface area contributed by atoms with Crippen molar-refractivity contribution in [1.29, 1.82) is 0 Å². The van der Waals surface area contributed by atoms with Crippen LogP contribution in [0.15, 0.2) is 98.6 Å². The van der Waals surface area contributed by atoms with E-state index in [1.807, 2.05) is 42.5 Å². The average molecular weight is 540 g/mol. The number of nitrogens with zero attached hydrogens (tertiary/aromatic N) is 4. The largest absolute Gasteiger partial charge is 2.00 e. The van der Waals surface area contributed by atoms with Crippen molar-refractivity contribution in [3.8, 4) is 0 Å². The standard InChI is InChI=1S/C31H33N4O.Cu/c1-5-19(6-2)30-26-11-9-21(32-26)17-22-10-12-27(33-22)31(20(7-3)8-4)29-16-14-25(35-29)23(18-36)24-13-15-28(30)34-24;/h9-20H,5-8H2,1-4H3,(H-,32,33,34,35,36);/q-1;+2/p-1. The zero-order chi connectivity index (χ0) is 25.2. The van der Waals surface area contributed by atoms with Gasteiger partial charge in [-0.1, -0.05) is 39.8 Å². The number of hydrogen-bond donors (Lipinski definition) is 0. The van der Waals surface area contributed by atoms with Gasteiger partial charge >= 0.3 is 17.1 Å². The van der Waals surface area contributed by atoms with Gasteiger partial charge in [0.25, 0.3) is 0 Å². The molecule has 0 atom stereocenters. The molecule has 4 aliphatic heterocycles. The molecule has 6 heteroatoms. The maximum atomic E-state index is 12.3. The van der Waals surface area contributed by atoms with E-state index in [0.29, 0.717) is 28.8 Å². The van der Waals surface area contributed by atoms with Gasteiger partial charge in [0.2, 0.25) is 0 Å². The molecule has 0 aliphatic carbocycles. The fourth-order valence-corrected chi connectivity index (χ4v) is 5.44. The fourth-order valence-electron chi connectivity index (χ4n) is 5.44. The van der Waals surface area contributed by atoms with Crippen LogP contribution in [0.2, 0.25) is 0 Å². The molecule has 5 nitrogen and oxygen atoms in total. The third-order valence-electron chi connectivity index (χ3n) is 7.46. The molecule has 4 aliphatic rings. The smallest absolute Gasteiger partial charge is 0.877 e. The van der Waals surface area contributed by atoms with E-state index >= 15 is 0 Å². The Morgan fingerprint density at radius 3 is 2.05 bits per heavy atom. The maximum absolute atomic E-state index is 12.3. The summed E-state index contributed by atoms with van der Waals surface area (Å²) >= 11 is 0. The Labute approximate surface area is 230 Å². The predicted octanol–water partition coefficient (Wildman–Crippen LogP) is 6.11. The van der Waals surface area contributed by atoms with E-state index in [4.69, 9.17) is 20.0 Å². The first-order valence-corrected chi connectivity index (χ1v) is 13.1. The van der Waals surface area contributed by atoms with Gasteiger partial charge in [-0.3, -0.25) is 0 Å². The molecule has 0 aromatic carbocycles. The van der Waals surface area contributed by atoms with Crippen molar-refractivity contribution >= 4 is 28.3 Å². The van der Waals surface area contributed by atoms with E-state index in [9.17, 15) is 5.11 Å². The molecule has 1 aromatic rings. The minimum absolute atomic E-state index is 0. The van der Waals surface area contributed by atoms with Crippen LogP contribution in [0.25, 0.3) is 11.1 Å². The van der Waals surface area contributed by atoms with Crippen LogP contribution in [-0.2, 0) is 17.1 Å². The molecule has 0 unspecified atom stereocenters. The number of aromatic nitrogens is 1. The second-order valence-corrected chi connectivity index (χ2v) is 9.47. The fraction of sp³-hybridized carbons (Fsp3) is 0.323. The summed E-state index contributed by atoms with van der Waals surface area (Å²) in [5, 5.41) is 12.3. The van der Waals surface area contributed by atoms with Crippen LogP contribution in [0.3, 0.4) is 0 Å². The normalized spacial score (nSPS) is 19.2. The zero-order valence-electron chi connectivity index (χ0n) is 21.8. The van der Waals surface area contributed by atoms with Gasteiger partial charge in [-0.2, -0.15) is 0 Å². The molecule has 8 bridgehead atoms. The number of aliphatic imine (C=N–C) groups is 3. The van der Waals surface area contributed by atoms with Crippen LogP contribution in [0.5, 0.6) is 0 Å². The van der Waals surface area contributed by atoms with Gasteiger partial charge in [-0.15, -0.1) is 17.6 Å². The molecule has 5 heterocycles. The first-order valence-electron chi connectivity index (χ1n) is 13.1. The Hall–Kier alpha value is -3.21. The summed E-state index contributed by atoms with van der Waals surface area (Å²) in [7, 11) is 0. The molecule has 1 aromatic heterocycles. The van der Waals surface area contributed by atoms with Crippen LogP contribution in [-0.4, -0.2) is 17.1 Å². The van der Waals surface area contributed by atoms with Crippen molar-refractivity contribution in [3.63, 3.8) is 0 Å². The van der Waals surface area contributed by atoms with Crippen LogP contribution in [0.4, 0.5) is 0 Å². The molecule has 0 saturated heterocycles. The first-order chi connectivity index (χ1) is 17.6. The molecule has 0 saturated carbocycles. The molecule has 193 valence electrons. The minimum Gasteiger partial charge on any atom is -0.877 e. The van der Waals surface area contributed by atoms with Crippen LogP contribution >= 0.6 is 0 Å². The van der Waals surface area contributed by atoms with Gasteiger partial charge in [0.1, 0.15) is 0 Å². The van der Waals surface area contributed by atoms with Crippen molar-refractivity contribution < 1.29 is 22.2 Å². The zero-order valence-corrected chi connectivity index (χ0v) is 22.7. The Bertz CT molecular complexity index is 1380. The molecule has 0 N–H and O–H groups in total. The van der Waals surface area contributed by atoms with E-state index in [1.54, 1.807) is 0 Å². The number of allylic oxidation sites excluding steroid dienone is 10. The number of rotatable bonds is 6. The van der Waals surface area contributed by atoms with Gasteiger partial charge in [-0.25, -0.2) is 15.0 Å². The molecule has 5 rings (SSSR count). The van der Waals surface area contributed by atoms with E-state index in [1.165, 1.54) is 0 Å². The second kappa shape index (κ2) is 11.5. The molecular weight excluding hydrogens is 508 g/mol. The summed E-state index contributed by atoms with van der Waals surface area (Å²) in [6.07, 6.45) is 19.1. The summed E-state index contributed by atoms with van der Waals surface area (Å²) < 4.78 is 0. The molecule has 1 radical (unpaired) electrons. The van der Waals surface area contributed by atoms with Crippen molar-refractivity contribution in [2.75, 3.05) is 0 Å². The van der Waals surface area contributed by atoms with Crippen molar-refractivity contribution in [2.45, 2.75) is 53.4 Å². The average Bonchev–Trinajstić information content (AvgIpc) is 3.70. The molecule has 0 spiro atoms. The predicted molar refractivity (Wildman–Crippen MR) is 148 cm³/mol. The van der Waals surface area contributed by atoms with E-state index in [-0.39, 0.29) is 17.1 Å². The Morgan fingerprint density at radius 2 is 1.35 bits per heavy atom. The third-order valence-corrected chi connectivity index (χ3v) is 7.46. The Balaban J connectivity index is 0.00000320. The van der Waals surface area contributed by atoms with Gasteiger partial charge in [0.05, 0.1) is 34.2 Å². The van der Waals surface area contributed by atoms with Crippen LogP contribution in [0.1, 0.15) is 64.8 Å². The van der Waals surface area contributed by atoms with Crippen LogP contribution < -0.4 is 10.1 Å². The second-order valence-electron chi connectivity index (χ2n) is 9.47. The van der Waals surface area contributed by atoms with E-state index in [0.717, 1.165) is 77.3 Å². The van der Waals surface area contributed by atoms with Gasteiger partial charge in [0.15, 0.2) is 0 Å². The monoisotopic (exact) mass is 539 g/mol. The van der Waals surface area contributed by atoms with Crippen LogP contribution in [0, 0.1) is 11.8 Å². The SMILES string of the molecule is CCC(CC)C1=C2C=CC(=N2)/C(=C\[O-])c2ccc([n-]2)C(C(CC)CC)=C2C=CC(=N2)C=C2C=CC1=N2.[Cu+2]. The molecule has 0 amide bonds. The Morgan fingerprint density at radius 1 is 0.730 bits per heavy atom. The number of fused-ring (bicyclic) bond motifs is 5. The summed E-state index contributed by atoms with van der Waals surface area (Å²) in [4.78, 5) is 19.8. The van der Waals surface area contributed by atoms with Crippen molar-refractivity contribution in [2.24, 2.45) is 26.8 Å². The van der Waals surface area contributed by atoms with E-state index < -0.39 is 0 Å². The van der Waals surface area contributed by atoms with Gasteiger partial charge in [0, 0.05) is 5.57 Å². The third kappa shape index (κ3) is 5.01. The topological polar surface area (TPSA) is 74.2 Å². The summed E-state index contributed by atoms with van der Waals surface area (Å²) in [6, 6.07) is 3.94. The van der Waals surface area contributed by atoms with Crippen molar-refractivity contribution in [1.82, 2.24) is 4.98 Å². The van der Waals surface area contributed by atoms with Gasteiger partial charge in [-0.05, 0) is 91.2 Å². The quantitative estimate of drug-likeness (QED) is 0.323. The Kier molecular flexibility index (Phi) is 8.31. The molecule has 0 fully saturated rings. The summed E-state index contributed by atoms with van der Waals surface area (Å²) in [5.41, 5.74) is 9.44. The minimum atomic E-state index is 0. The summed E-state index contributed by atoms with van der Waals surface area (Å²) in [5.74, 6) is 0.636. The summed E-state index contributed by atoms with van der Waals surface area (Å²) in [6.45, 7) is 8.78. The molecular formula is C31H32CuN4O. The first kappa shape index (κ1) is 26.8. The number of hydrogen-bond acceptors (Lipinski definition) is 4. The maximum Gasteiger partial charge on any atom is 2.00 e.